The van der Waals surface area contributed by atoms with E-state index in [1.54, 1.807) is 24.3 Å². The lowest BCUT2D eigenvalue weighted by Gasteiger charge is -2.17. The van der Waals surface area contributed by atoms with Crippen LogP contribution in [0.5, 0.6) is 0 Å². The Labute approximate surface area is 126 Å². The Kier molecular flexibility index (Phi) is 4.89. The molecule has 1 unspecified atom stereocenters. The third-order valence-electron chi connectivity index (χ3n) is 2.78. The largest absolute Gasteiger partial charge is 0.488 e. The molecule has 0 radical (unpaired) electrons. The molecule has 0 aliphatic carbocycles. The number of amides is 1. The number of carbonyl (C=O) groups excluding carboxylic acids is 1. The van der Waals surface area contributed by atoms with Crippen molar-refractivity contribution in [3.8, 4) is 6.07 Å². The lowest BCUT2D eigenvalue weighted by Crippen LogP contribution is -2.30. The molecule has 1 aromatic rings. The monoisotopic (exact) mass is 310 g/mol. The van der Waals surface area contributed by atoms with Gasteiger partial charge in [-0.05, 0) is 42.7 Å². The average molecular weight is 311 g/mol. The number of nitrogens with zero attached hydrogens (tertiary/aromatic N) is 1. The summed E-state index contributed by atoms with van der Waals surface area (Å²) in [6.45, 7) is 0.513. The molecular formula is C14H12Cl2N2O2. The molecule has 0 bridgehead atoms. The number of allylic oxidation sites excluding steroid dienone is 1. The average Bonchev–Trinajstić information content (AvgIpc) is 2.44. The first-order valence-corrected chi connectivity index (χ1v) is 6.85. The first kappa shape index (κ1) is 14.7. The van der Waals surface area contributed by atoms with Crippen LogP contribution in [0.3, 0.4) is 0 Å². The van der Waals surface area contributed by atoms with Gasteiger partial charge < -0.3 is 10.1 Å². The van der Waals surface area contributed by atoms with Crippen LogP contribution in [0.2, 0.25) is 10.0 Å². The molecule has 1 aliphatic rings. The van der Waals surface area contributed by atoms with Crippen LogP contribution in [0.4, 0.5) is 0 Å². The lowest BCUT2D eigenvalue weighted by atomic mass is 10.1. The van der Waals surface area contributed by atoms with Crippen LogP contribution in [0, 0.1) is 11.3 Å². The molecule has 0 spiro atoms. The molecule has 6 heteroatoms. The molecule has 0 saturated carbocycles. The minimum Gasteiger partial charge on any atom is -0.488 e. The number of nitriles is 1. The van der Waals surface area contributed by atoms with Crippen molar-refractivity contribution < 1.29 is 9.53 Å². The van der Waals surface area contributed by atoms with E-state index in [1.807, 2.05) is 6.07 Å². The number of nitrogens with one attached hydrogen (secondary N) is 1. The fraction of sp³-hybridized carbons (Fsp3) is 0.286. The molecule has 0 aromatic heterocycles. The van der Waals surface area contributed by atoms with Crippen LogP contribution in [-0.4, -0.2) is 12.5 Å². The SMILES string of the molecule is N#CC(NC(=O)C1=CCCCO1)c1cc(Cl)cc(Cl)c1. The zero-order chi connectivity index (χ0) is 14.5. The maximum atomic E-state index is 12.0. The van der Waals surface area contributed by atoms with Gasteiger partial charge in [0.1, 0.15) is 6.04 Å². The summed E-state index contributed by atoms with van der Waals surface area (Å²) in [5, 5.41) is 12.6. The van der Waals surface area contributed by atoms with Crippen molar-refractivity contribution >= 4 is 29.1 Å². The van der Waals surface area contributed by atoms with E-state index in [2.05, 4.69) is 5.32 Å². The van der Waals surface area contributed by atoms with E-state index in [1.165, 1.54) is 0 Å². The van der Waals surface area contributed by atoms with Gasteiger partial charge in [0.05, 0.1) is 12.7 Å². The molecule has 1 N–H and O–H groups in total. The van der Waals surface area contributed by atoms with Crippen LogP contribution < -0.4 is 5.32 Å². The van der Waals surface area contributed by atoms with E-state index in [0.29, 0.717) is 22.2 Å². The number of carbonyl (C=O) groups is 1. The number of hydrogen-bond acceptors (Lipinski definition) is 3. The molecule has 20 heavy (non-hydrogen) atoms. The maximum Gasteiger partial charge on any atom is 0.287 e. The molecule has 1 aromatic carbocycles. The van der Waals surface area contributed by atoms with Gasteiger partial charge in [0.25, 0.3) is 5.91 Å². The highest BCUT2D eigenvalue weighted by atomic mass is 35.5. The van der Waals surface area contributed by atoms with Crippen LogP contribution in [0.15, 0.2) is 30.0 Å². The van der Waals surface area contributed by atoms with Crippen molar-refractivity contribution in [1.82, 2.24) is 5.32 Å². The lowest BCUT2D eigenvalue weighted by molar-refractivity contribution is -0.121. The van der Waals surface area contributed by atoms with Crippen LogP contribution in [-0.2, 0) is 9.53 Å². The molecule has 1 aliphatic heterocycles. The summed E-state index contributed by atoms with van der Waals surface area (Å²) in [4.78, 5) is 12.0. The predicted molar refractivity (Wildman–Crippen MR) is 76.2 cm³/mol. The first-order valence-electron chi connectivity index (χ1n) is 6.09. The quantitative estimate of drug-likeness (QED) is 0.931. The van der Waals surface area contributed by atoms with Gasteiger partial charge in [-0.25, -0.2) is 0 Å². The third kappa shape index (κ3) is 3.66. The van der Waals surface area contributed by atoms with Crippen LogP contribution in [0.1, 0.15) is 24.4 Å². The van der Waals surface area contributed by atoms with Crippen molar-refractivity contribution in [3.05, 3.63) is 45.6 Å². The summed E-state index contributed by atoms with van der Waals surface area (Å²) >= 11 is 11.8. The van der Waals surface area contributed by atoms with Crippen molar-refractivity contribution in [2.45, 2.75) is 18.9 Å². The van der Waals surface area contributed by atoms with E-state index >= 15 is 0 Å². The van der Waals surface area contributed by atoms with Crippen molar-refractivity contribution in [2.24, 2.45) is 0 Å². The number of hydrogen-bond donors (Lipinski definition) is 1. The third-order valence-corrected chi connectivity index (χ3v) is 3.22. The van der Waals surface area contributed by atoms with Crippen LogP contribution in [0.25, 0.3) is 0 Å². The molecule has 104 valence electrons. The van der Waals surface area contributed by atoms with Crippen molar-refractivity contribution in [3.63, 3.8) is 0 Å². The molecule has 1 atom stereocenters. The van der Waals surface area contributed by atoms with Gasteiger partial charge in [0, 0.05) is 10.0 Å². The van der Waals surface area contributed by atoms with E-state index in [-0.39, 0.29) is 5.76 Å². The molecule has 1 heterocycles. The van der Waals surface area contributed by atoms with E-state index < -0.39 is 11.9 Å². The van der Waals surface area contributed by atoms with Gasteiger partial charge in [0.2, 0.25) is 0 Å². The summed E-state index contributed by atoms with van der Waals surface area (Å²) in [6, 6.07) is 5.94. The van der Waals surface area contributed by atoms with Crippen LogP contribution >= 0.6 is 23.2 Å². The van der Waals surface area contributed by atoms with Gasteiger partial charge in [0.15, 0.2) is 5.76 Å². The molecule has 2 rings (SSSR count). The second-order valence-corrected chi connectivity index (χ2v) is 5.17. The standard InChI is InChI=1S/C14H12Cl2N2O2/c15-10-5-9(6-11(16)7-10)12(8-17)18-14(19)13-3-1-2-4-20-13/h3,5-7,12H,1-2,4H2,(H,18,19). The van der Waals surface area contributed by atoms with Gasteiger partial charge >= 0.3 is 0 Å². The second-order valence-electron chi connectivity index (χ2n) is 4.30. The minimum atomic E-state index is -0.829. The highest BCUT2D eigenvalue weighted by Gasteiger charge is 2.20. The normalized spacial score (nSPS) is 15.6. The Hall–Kier alpha value is -1.70. The molecule has 4 nitrogen and oxygen atoms in total. The highest BCUT2D eigenvalue weighted by molar-refractivity contribution is 6.34. The molecule has 0 saturated heterocycles. The van der Waals surface area contributed by atoms with E-state index in [4.69, 9.17) is 27.9 Å². The summed E-state index contributed by atoms with van der Waals surface area (Å²) in [6.07, 6.45) is 3.41. The number of benzene rings is 1. The smallest absolute Gasteiger partial charge is 0.287 e. The summed E-state index contributed by atoms with van der Waals surface area (Å²) in [7, 11) is 0. The van der Waals surface area contributed by atoms with E-state index in [9.17, 15) is 10.1 Å². The fourth-order valence-electron chi connectivity index (χ4n) is 1.85. The number of ether oxygens (including phenoxy) is 1. The number of rotatable bonds is 3. The molecule has 1 amide bonds. The zero-order valence-corrected chi connectivity index (χ0v) is 12.0. The molecule has 0 fully saturated rings. The van der Waals surface area contributed by atoms with Crippen molar-refractivity contribution in [1.29, 1.82) is 5.26 Å². The summed E-state index contributed by atoms with van der Waals surface area (Å²) in [5.41, 5.74) is 0.537. The Balaban J connectivity index is 2.15. The van der Waals surface area contributed by atoms with Gasteiger partial charge in [-0.2, -0.15) is 5.26 Å². The second kappa shape index (κ2) is 6.65. The van der Waals surface area contributed by atoms with Gasteiger partial charge in [-0.3, -0.25) is 4.79 Å². The number of halogens is 2. The van der Waals surface area contributed by atoms with E-state index in [0.717, 1.165) is 12.8 Å². The topological polar surface area (TPSA) is 62.1 Å². The summed E-state index contributed by atoms with van der Waals surface area (Å²) in [5.74, 6) is -0.156. The Morgan fingerprint density at radius 2 is 2.05 bits per heavy atom. The Bertz CT molecular complexity index is 573. The fourth-order valence-corrected chi connectivity index (χ4v) is 2.39. The maximum absolute atomic E-state index is 12.0. The van der Waals surface area contributed by atoms with Crippen molar-refractivity contribution in [2.75, 3.05) is 6.61 Å². The van der Waals surface area contributed by atoms with Gasteiger partial charge in [-0.15, -0.1) is 0 Å². The summed E-state index contributed by atoms with van der Waals surface area (Å²) < 4.78 is 5.26. The minimum absolute atomic E-state index is 0.254. The van der Waals surface area contributed by atoms with Gasteiger partial charge in [-0.1, -0.05) is 23.2 Å². The molecular weight excluding hydrogens is 299 g/mol. The first-order chi connectivity index (χ1) is 9.60. The Morgan fingerprint density at radius 1 is 1.35 bits per heavy atom. The zero-order valence-electron chi connectivity index (χ0n) is 10.5. The Morgan fingerprint density at radius 3 is 2.60 bits per heavy atom. The highest BCUT2D eigenvalue weighted by Crippen LogP contribution is 2.23. The predicted octanol–water partition coefficient (Wildman–Crippen LogP) is 3.37.